The van der Waals surface area contributed by atoms with Crippen LogP contribution in [0.4, 0.5) is 5.95 Å². The van der Waals surface area contributed by atoms with Crippen LogP contribution in [0.1, 0.15) is 52.5 Å². The average Bonchev–Trinajstić information content (AvgIpc) is 2.49. The first-order valence-electron chi connectivity index (χ1n) is 7.05. The van der Waals surface area contributed by atoms with Crippen molar-refractivity contribution in [2.75, 3.05) is 5.01 Å². The lowest BCUT2D eigenvalue weighted by Gasteiger charge is -2.11. The minimum Gasteiger partial charge on any atom is -0.219 e. The van der Waals surface area contributed by atoms with Crippen molar-refractivity contribution >= 4 is 12.7 Å². The maximum absolute atomic E-state index is 4.29. The Hall–Kier alpha value is -1.71. The molecule has 0 unspecified atom stereocenters. The number of nitrogens with zero attached hydrogens (tertiary/aromatic N) is 4. The van der Waals surface area contributed by atoms with Gasteiger partial charge in [0, 0.05) is 25.3 Å². The topological polar surface area (TPSA) is 41.4 Å². The van der Waals surface area contributed by atoms with Crippen LogP contribution in [0.3, 0.4) is 0 Å². The molecule has 0 saturated carbocycles. The first-order chi connectivity index (χ1) is 9.31. The molecule has 0 aliphatic rings. The van der Waals surface area contributed by atoms with E-state index in [4.69, 9.17) is 0 Å². The quantitative estimate of drug-likeness (QED) is 0.546. The van der Waals surface area contributed by atoms with Crippen molar-refractivity contribution in [3.63, 3.8) is 0 Å². The van der Waals surface area contributed by atoms with E-state index in [1.807, 2.05) is 38.5 Å². The van der Waals surface area contributed by atoms with Crippen molar-refractivity contribution in [3.8, 4) is 0 Å². The molecule has 0 aliphatic carbocycles. The first kappa shape index (κ1) is 17.3. The van der Waals surface area contributed by atoms with Crippen LogP contribution in [0.15, 0.2) is 29.8 Å². The van der Waals surface area contributed by atoms with E-state index in [0.717, 1.165) is 12.8 Å². The molecular weight excluding hydrogens is 236 g/mol. The lowest BCUT2D eigenvalue weighted by atomic mass is 10.2. The van der Waals surface area contributed by atoms with Crippen molar-refractivity contribution in [3.05, 3.63) is 30.2 Å². The minimum atomic E-state index is 0.560. The monoisotopic (exact) mass is 262 g/mol. The van der Waals surface area contributed by atoms with Gasteiger partial charge in [0.05, 0.1) is 0 Å². The smallest absolute Gasteiger partial charge is 0.219 e. The fraction of sp³-hybridized carbons (Fsp3) is 0.533. The van der Waals surface area contributed by atoms with Gasteiger partial charge in [-0.15, -0.1) is 0 Å². The van der Waals surface area contributed by atoms with Crippen LogP contribution in [0.5, 0.6) is 0 Å². The molecule has 1 heterocycles. The van der Waals surface area contributed by atoms with Crippen molar-refractivity contribution in [1.82, 2.24) is 9.97 Å². The van der Waals surface area contributed by atoms with Crippen LogP contribution in [0.2, 0.25) is 0 Å². The maximum Gasteiger partial charge on any atom is 0.250 e. The zero-order chi connectivity index (χ0) is 14.5. The second-order valence-electron chi connectivity index (χ2n) is 3.77. The molecule has 4 heteroatoms. The summed E-state index contributed by atoms with van der Waals surface area (Å²) in [5.41, 5.74) is 1.17. The predicted molar refractivity (Wildman–Crippen MR) is 83.5 cm³/mol. The Labute approximate surface area is 117 Å². The van der Waals surface area contributed by atoms with Crippen molar-refractivity contribution in [1.29, 1.82) is 0 Å². The highest BCUT2D eigenvalue weighted by molar-refractivity contribution is 5.38. The highest BCUT2D eigenvalue weighted by Crippen LogP contribution is 2.09. The zero-order valence-corrected chi connectivity index (χ0v) is 12.6. The number of anilines is 1. The van der Waals surface area contributed by atoms with Crippen LogP contribution < -0.4 is 5.01 Å². The molecule has 106 valence electrons. The normalized spacial score (nSPS) is 9.89. The van der Waals surface area contributed by atoms with Gasteiger partial charge >= 0.3 is 0 Å². The summed E-state index contributed by atoms with van der Waals surface area (Å²) < 4.78 is 0. The number of hydrogen-bond donors (Lipinski definition) is 0. The molecule has 0 atom stereocenters. The van der Waals surface area contributed by atoms with Crippen molar-refractivity contribution < 1.29 is 0 Å². The Bertz CT molecular complexity index is 357. The van der Waals surface area contributed by atoms with Gasteiger partial charge in [0.25, 0.3) is 0 Å². The molecule has 19 heavy (non-hydrogen) atoms. The standard InChI is InChI=1S/C13H20N4.C2H6/c1-4-6-8-12-10-15-13(16-11-12)17(14-3)9-7-5-2;1-2/h7,9-11H,3-6,8H2,1-2H3;1-2H3/b9-7-;. The number of allylic oxidation sites excluding steroid dienone is 1. The summed E-state index contributed by atoms with van der Waals surface area (Å²) in [6.45, 7) is 11.7. The van der Waals surface area contributed by atoms with Crippen LogP contribution >= 0.6 is 0 Å². The summed E-state index contributed by atoms with van der Waals surface area (Å²) in [6.07, 6.45) is 11.9. The maximum atomic E-state index is 4.29. The Balaban J connectivity index is 0.00000154. The van der Waals surface area contributed by atoms with E-state index in [9.17, 15) is 0 Å². The van der Waals surface area contributed by atoms with E-state index < -0.39 is 0 Å². The summed E-state index contributed by atoms with van der Waals surface area (Å²) in [5.74, 6) is 0.560. The van der Waals surface area contributed by atoms with E-state index in [0.29, 0.717) is 5.95 Å². The van der Waals surface area contributed by atoms with Crippen LogP contribution in [-0.2, 0) is 6.42 Å². The summed E-state index contributed by atoms with van der Waals surface area (Å²) in [7, 11) is 0. The van der Waals surface area contributed by atoms with Crippen LogP contribution in [0, 0.1) is 0 Å². The Morgan fingerprint density at radius 2 is 1.89 bits per heavy atom. The summed E-state index contributed by atoms with van der Waals surface area (Å²) in [6, 6.07) is 0. The first-order valence-corrected chi connectivity index (χ1v) is 7.05. The molecule has 0 bridgehead atoms. The van der Waals surface area contributed by atoms with Crippen LogP contribution in [0.25, 0.3) is 0 Å². The number of hydrogen-bond acceptors (Lipinski definition) is 4. The molecule has 0 N–H and O–H groups in total. The fourth-order valence-corrected chi connectivity index (χ4v) is 1.36. The van der Waals surface area contributed by atoms with Gasteiger partial charge in [0.2, 0.25) is 5.95 Å². The molecule has 0 radical (unpaired) electrons. The van der Waals surface area contributed by atoms with Crippen LogP contribution in [-0.4, -0.2) is 16.7 Å². The molecule has 0 amide bonds. The van der Waals surface area contributed by atoms with E-state index in [-0.39, 0.29) is 0 Å². The highest BCUT2D eigenvalue weighted by atomic mass is 15.5. The lowest BCUT2D eigenvalue weighted by Crippen LogP contribution is -2.10. The van der Waals surface area contributed by atoms with E-state index >= 15 is 0 Å². The second kappa shape index (κ2) is 11.4. The van der Waals surface area contributed by atoms with Gasteiger partial charge in [-0.2, -0.15) is 5.10 Å². The van der Waals surface area contributed by atoms with Crippen molar-refractivity contribution in [2.45, 2.75) is 53.4 Å². The predicted octanol–water partition coefficient (Wildman–Crippen LogP) is 4.19. The summed E-state index contributed by atoms with van der Waals surface area (Å²) in [5, 5.41) is 5.44. The van der Waals surface area contributed by atoms with Gasteiger partial charge in [-0.3, -0.25) is 0 Å². The second-order valence-corrected chi connectivity index (χ2v) is 3.77. The van der Waals surface area contributed by atoms with Gasteiger partial charge in [-0.05, 0) is 24.8 Å². The van der Waals surface area contributed by atoms with E-state index in [1.165, 1.54) is 18.4 Å². The third kappa shape index (κ3) is 6.70. The van der Waals surface area contributed by atoms with Crippen molar-refractivity contribution in [2.24, 2.45) is 5.10 Å². The van der Waals surface area contributed by atoms with Gasteiger partial charge in [-0.1, -0.05) is 40.2 Å². The molecule has 0 spiro atoms. The van der Waals surface area contributed by atoms with E-state index in [2.05, 4.69) is 35.6 Å². The highest BCUT2D eigenvalue weighted by Gasteiger charge is 2.03. The largest absolute Gasteiger partial charge is 0.250 e. The van der Waals surface area contributed by atoms with Gasteiger partial charge in [-0.25, -0.2) is 15.0 Å². The summed E-state index contributed by atoms with van der Waals surface area (Å²) >= 11 is 0. The third-order valence-corrected chi connectivity index (χ3v) is 2.35. The molecule has 4 nitrogen and oxygen atoms in total. The molecule has 1 aromatic rings. The van der Waals surface area contributed by atoms with Gasteiger partial charge in [0.1, 0.15) is 0 Å². The number of rotatable bonds is 7. The number of aryl methyl sites for hydroxylation is 1. The number of unbranched alkanes of at least 4 members (excludes halogenated alkanes) is 1. The lowest BCUT2D eigenvalue weighted by molar-refractivity contribution is 0.786. The zero-order valence-electron chi connectivity index (χ0n) is 12.6. The molecule has 1 aromatic heterocycles. The van der Waals surface area contributed by atoms with Gasteiger partial charge in [0.15, 0.2) is 0 Å². The molecule has 0 saturated heterocycles. The molecule has 0 aromatic carbocycles. The van der Waals surface area contributed by atoms with E-state index in [1.54, 1.807) is 5.01 Å². The molecule has 0 aliphatic heterocycles. The van der Waals surface area contributed by atoms with Gasteiger partial charge < -0.3 is 0 Å². The molecular formula is C15H26N4. The third-order valence-electron chi connectivity index (χ3n) is 2.35. The Morgan fingerprint density at radius 1 is 1.26 bits per heavy atom. The molecule has 1 rings (SSSR count). The average molecular weight is 262 g/mol. The Kier molecular flexibility index (Phi) is 10.4. The fourth-order valence-electron chi connectivity index (χ4n) is 1.36. The number of hydrazone groups is 1. The Morgan fingerprint density at radius 3 is 2.37 bits per heavy atom. The SMILES string of the molecule is C=NN(/C=C\CC)c1ncc(CCCC)cn1.CC. The minimum absolute atomic E-state index is 0.560. The molecule has 0 fully saturated rings. The summed E-state index contributed by atoms with van der Waals surface area (Å²) in [4.78, 5) is 8.57. The number of aromatic nitrogens is 2.